The molecule has 0 aliphatic heterocycles. The summed E-state index contributed by atoms with van der Waals surface area (Å²) in [5.41, 5.74) is 0.0319. The van der Waals surface area contributed by atoms with Crippen molar-refractivity contribution in [3.8, 4) is 0 Å². The van der Waals surface area contributed by atoms with Gasteiger partial charge in [0, 0.05) is 0 Å². The molecule has 2 aromatic carbocycles. The highest BCUT2D eigenvalue weighted by molar-refractivity contribution is 7.85. The maximum Gasteiger partial charge on any atom is 0.264 e. The van der Waals surface area contributed by atoms with Crippen LogP contribution in [-0.2, 0) is 18.7 Å². The Labute approximate surface area is 202 Å². The highest BCUT2D eigenvalue weighted by atomic mass is 32.2. The highest BCUT2D eigenvalue weighted by Gasteiger charge is 2.40. The molecule has 1 aliphatic rings. The lowest BCUT2D eigenvalue weighted by Gasteiger charge is -2.44. The van der Waals surface area contributed by atoms with Crippen molar-refractivity contribution in [1.82, 2.24) is 0 Å². The minimum absolute atomic E-state index is 0.0308. The van der Waals surface area contributed by atoms with E-state index in [0.717, 1.165) is 31.9 Å². The van der Waals surface area contributed by atoms with Gasteiger partial charge >= 0.3 is 0 Å². The SMILES string of the molecule is CC(C)(C)C(CC1(CCOS(C)(=O)=O)CCCCC1)O[SiH](c1ccccc1)c1ccccc1. The average molecular weight is 489 g/mol. The van der Waals surface area contributed by atoms with E-state index in [4.69, 9.17) is 8.61 Å². The zero-order valence-electron chi connectivity index (χ0n) is 20.6. The molecule has 0 amide bonds. The van der Waals surface area contributed by atoms with Crippen LogP contribution in [0.15, 0.2) is 60.7 Å². The second-order valence-corrected chi connectivity index (χ2v) is 14.7. The third-order valence-electron chi connectivity index (χ3n) is 6.93. The lowest BCUT2D eigenvalue weighted by Crippen LogP contribution is -2.51. The first kappa shape index (κ1) is 26.1. The maximum absolute atomic E-state index is 11.6. The first-order valence-electron chi connectivity index (χ1n) is 12.2. The van der Waals surface area contributed by atoms with Crippen molar-refractivity contribution >= 4 is 29.5 Å². The Bertz CT molecular complexity index is 909. The van der Waals surface area contributed by atoms with Crippen molar-refractivity contribution in [3.05, 3.63) is 60.7 Å². The third-order valence-corrected chi connectivity index (χ3v) is 10.1. The van der Waals surface area contributed by atoms with E-state index in [1.807, 2.05) is 0 Å². The van der Waals surface area contributed by atoms with Crippen LogP contribution < -0.4 is 10.4 Å². The second kappa shape index (κ2) is 11.3. The van der Waals surface area contributed by atoms with Gasteiger partial charge in [0.25, 0.3) is 10.1 Å². The lowest BCUT2D eigenvalue weighted by molar-refractivity contribution is 0.0112. The summed E-state index contributed by atoms with van der Waals surface area (Å²) >= 11 is 0. The van der Waals surface area contributed by atoms with E-state index >= 15 is 0 Å². The molecule has 1 aliphatic carbocycles. The molecular formula is C27H40O4SSi. The molecule has 1 fully saturated rings. The van der Waals surface area contributed by atoms with Crippen LogP contribution in [0.2, 0.25) is 0 Å². The van der Waals surface area contributed by atoms with Crippen molar-refractivity contribution in [2.45, 2.75) is 71.8 Å². The van der Waals surface area contributed by atoms with Crippen molar-refractivity contribution in [1.29, 1.82) is 0 Å². The average Bonchev–Trinajstić information content (AvgIpc) is 2.77. The molecule has 0 N–H and O–H groups in total. The Balaban J connectivity index is 1.88. The number of hydrogen-bond acceptors (Lipinski definition) is 4. The van der Waals surface area contributed by atoms with Gasteiger partial charge in [0.1, 0.15) is 0 Å². The van der Waals surface area contributed by atoms with E-state index < -0.39 is 19.2 Å². The molecule has 0 bridgehead atoms. The Morgan fingerprint density at radius 3 is 1.88 bits per heavy atom. The fourth-order valence-electron chi connectivity index (χ4n) is 4.99. The Morgan fingerprint density at radius 1 is 0.909 bits per heavy atom. The molecule has 0 saturated heterocycles. The Hall–Kier alpha value is -1.47. The van der Waals surface area contributed by atoms with Crippen molar-refractivity contribution < 1.29 is 17.0 Å². The van der Waals surface area contributed by atoms with Gasteiger partial charge in [-0.05, 0) is 46.9 Å². The summed E-state index contributed by atoms with van der Waals surface area (Å²) < 4.78 is 35.5. The summed E-state index contributed by atoms with van der Waals surface area (Å²) in [5, 5.41) is 2.58. The highest BCUT2D eigenvalue weighted by Crippen LogP contribution is 2.46. The van der Waals surface area contributed by atoms with E-state index in [1.54, 1.807) is 0 Å². The van der Waals surface area contributed by atoms with E-state index in [9.17, 15) is 8.42 Å². The van der Waals surface area contributed by atoms with Gasteiger partial charge in [-0.25, -0.2) is 0 Å². The molecule has 3 rings (SSSR count). The minimum Gasteiger partial charge on any atom is -0.407 e. The van der Waals surface area contributed by atoms with Gasteiger partial charge in [-0.2, -0.15) is 8.42 Å². The van der Waals surface area contributed by atoms with Gasteiger partial charge in [0.2, 0.25) is 9.04 Å². The van der Waals surface area contributed by atoms with Gasteiger partial charge in [-0.15, -0.1) is 0 Å². The number of hydrogen-bond donors (Lipinski definition) is 0. The summed E-state index contributed by atoms with van der Waals surface area (Å²) in [5.74, 6) is 0. The predicted molar refractivity (Wildman–Crippen MR) is 139 cm³/mol. The molecule has 6 heteroatoms. The van der Waals surface area contributed by atoms with Gasteiger partial charge in [0.05, 0.1) is 19.0 Å². The topological polar surface area (TPSA) is 52.6 Å². The van der Waals surface area contributed by atoms with Gasteiger partial charge < -0.3 is 4.43 Å². The van der Waals surface area contributed by atoms with Crippen molar-refractivity contribution in [2.75, 3.05) is 12.9 Å². The van der Waals surface area contributed by atoms with Crippen molar-refractivity contribution in [2.24, 2.45) is 10.8 Å². The van der Waals surface area contributed by atoms with Crippen LogP contribution in [0.4, 0.5) is 0 Å². The zero-order valence-corrected chi connectivity index (χ0v) is 22.6. The van der Waals surface area contributed by atoms with Gasteiger partial charge in [0.15, 0.2) is 0 Å². The molecule has 1 unspecified atom stereocenters. The monoisotopic (exact) mass is 488 g/mol. The molecule has 0 aromatic heterocycles. The molecule has 2 aromatic rings. The summed E-state index contributed by atoms with van der Waals surface area (Å²) in [6, 6.07) is 21.3. The first-order valence-corrected chi connectivity index (χ1v) is 15.6. The standard InChI is InChI=1S/C27H40O4SSi/c1-26(2,3)25(22-27(18-12-7-13-19-27)20-21-30-32(4,28)29)31-33(23-14-8-5-9-15-23)24-16-10-6-11-17-24/h5-6,8-11,14-17,25,33H,7,12-13,18-22H2,1-4H3. The summed E-state index contributed by atoms with van der Waals surface area (Å²) in [7, 11) is -5.32. The van der Waals surface area contributed by atoms with Crippen LogP contribution >= 0.6 is 0 Å². The fraction of sp³-hybridized carbons (Fsp3) is 0.556. The van der Waals surface area contributed by atoms with Gasteiger partial charge in [-0.1, -0.05) is 101 Å². The maximum atomic E-state index is 11.6. The van der Waals surface area contributed by atoms with Crippen molar-refractivity contribution in [3.63, 3.8) is 0 Å². The molecule has 1 atom stereocenters. The largest absolute Gasteiger partial charge is 0.407 e. The van der Waals surface area contributed by atoms with E-state index in [2.05, 4.69) is 81.4 Å². The molecule has 4 nitrogen and oxygen atoms in total. The van der Waals surface area contributed by atoms with E-state index in [1.165, 1.54) is 29.6 Å². The van der Waals surface area contributed by atoms with E-state index in [0.29, 0.717) is 0 Å². The first-order chi connectivity index (χ1) is 15.6. The summed E-state index contributed by atoms with van der Waals surface area (Å²) in [4.78, 5) is 0. The molecule has 1 saturated carbocycles. The molecule has 33 heavy (non-hydrogen) atoms. The minimum atomic E-state index is -3.42. The van der Waals surface area contributed by atoms with Crippen LogP contribution in [-0.4, -0.2) is 36.4 Å². The molecule has 0 radical (unpaired) electrons. The second-order valence-electron chi connectivity index (χ2n) is 10.7. The smallest absolute Gasteiger partial charge is 0.264 e. The molecular weight excluding hydrogens is 448 g/mol. The third kappa shape index (κ3) is 8.06. The van der Waals surface area contributed by atoms with E-state index in [-0.39, 0.29) is 23.5 Å². The Kier molecular flexibility index (Phi) is 8.95. The van der Waals surface area contributed by atoms with Gasteiger partial charge in [-0.3, -0.25) is 4.18 Å². The van der Waals surface area contributed by atoms with Crippen LogP contribution in [0.5, 0.6) is 0 Å². The molecule has 182 valence electrons. The quantitative estimate of drug-likeness (QED) is 0.360. The lowest BCUT2D eigenvalue weighted by atomic mass is 9.66. The fourth-order valence-corrected chi connectivity index (χ4v) is 8.05. The van der Waals surface area contributed by atoms with Crippen LogP contribution in [0.25, 0.3) is 0 Å². The summed E-state index contributed by atoms with van der Waals surface area (Å²) in [6.07, 6.45) is 8.76. The normalized spacial score (nSPS) is 17.7. The van der Waals surface area contributed by atoms with Crippen LogP contribution in [0.1, 0.15) is 65.7 Å². The molecule has 0 heterocycles. The molecule has 0 spiro atoms. The van der Waals surface area contributed by atoms with Crippen LogP contribution in [0.3, 0.4) is 0 Å². The Morgan fingerprint density at radius 2 is 1.42 bits per heavy atom. The van der Waals surface area contributed by atoms with Crippen LogP contribution in [0, 0.1) is 10.8 Å². The number of benzene rings is 2. The predicted octanol–water partition coefficient (Wildman–Crippen LogP) is 4.66. The zero-order chi connectivity index (χ0) is 24.0. The number of rotatable bonds is 10. The summed E-state index contributed by atoms with van der Waals surface area (Å²) in [6.45, 7) is 7.06.